The number of carbonyl (C=O) groups is 1. The van der Waals surface area contributed by atoms with Crippen molar-refractivity contribution in [3.05, 3.63) is 182 Å². The van der Waals surface area contributed by atoms with Gasteiger partial charge in [0.05, 0.1) is 0 Å². The van der Waals surface area contributed by atoms with Crippen molar-refractivity contribution in [1.82, 2.24) is 0 Å². The summed E-state index contributed by atoms with van der Waals surface area (Å²) in [5.41, 5.74) is 0. The molecule has 0 unspecified atom stereocenters. The molecule has 7 heteroatoms. The molecule has 0 bridgehead atoms. The first-order chi connectivity index (χ1) is 19.8. The predicted octanol–water partition coefficient (Wildman–Crippen LogP) is -1.90. The molecule has 0 saturated carbocycles. The van der Waals surface area contributed by atoms with Crippen LogP contribution in [0.25, 0.3) is 0 Å². The van der Waals surface area contributed by atoms with E-state index in [-0.39, 0.29) is 57.3 Å². The Bertz CT molecular complexity index is 1370. The van der Waals surface area contributed by atoms with Gasteiger partial charge in [0.1, 0.15) is 31.8 Å². The first-order valence-electron chi connectivity index (χ1n) is 13.5. The Balaban J connectivity index is 0.00000169. The minimum Gasteiger partial charge on any atom is -1.00 e. The average molecular weight is 851 g/mol. The number of benzene rings is 6. The monoisotopic (exact) mass is 850 g/mol. The molecule has 222 valence electrons. The normalized spacial score (nSPS) is 10.5. The van der Waals surface area contributed by atoms with Gasteiger partial charge < -0.3 is 37.2 Å². The predicted molar refractivity (Wildman–Crippen MR) is 176 cm³/mol. The molecule has 0 heterocycles. The zero-order chi connectivity index (χ0) is 27.3. The van der Waals surface area contributed by atoms with Crippen LogP contribution in [-0.2, 0) is 20.1 Å². The maximum Gasteiger partial charge on any atom is 3.00 e. The summed E-state index contributed by atoms with van der Waals surface area (Å²) >= 11 is 0. The molecule has 0 saturated heterocycles. The minimum absolute atomic E-state index is 0. The fourth-order valence-electron chi connectivity index (χ4n) is 5.69. The fourth-order valence-corrected chi connectivity index (χ4v) is 16.4. The van der Waals surface area contributed by atoms with Crippen LogP contribution < -0.4 is 69.0 Å². The molecule has 0 aliphatic heterocycles. The summed E-state index contributed by atoms with van der Waals surface area (Å²) in [5.74, 6) is 0. The van der Waals surface area contributed by atoms with Gasteiger partial charge >= 0.3 is 25.4 Å². The maximum absolute atomic E-state index is 16.4. The molecule has 0 N–H and O–H groups in total. The summed E-state index contributed by atoms with van der Waals surface area (Å²) < 4.78 is 0. The number of hydrogen-bond acceptors (Lipinski definition) is 1. The van der Waals surface area contributed by atoms with Crippen molar-refractivity contribution >= 4 is 51.6 Å². The smallest absolute Gasteiger partial charge is 1.00 e. The van der Waals surface area contributed by atoms with Gasteiger partial charge in [-0.2, -0.15) is 0 Å². The van der Waals surface area contributed by atoms with E-state index < -0.39 is 14.5 Å². The van der Waals surface area contributed by atoms with Crippen molar-refractivity contribution in [2.75, 3.05) is 0 Å². The third-order valence-electron chi connectivity index (χ3n) is 7.43. The second-order valence-electron chi connectivity index (χ2n) is 9.64. The van der Waals surface area contributed by atoms with Gasteiger partial charge in [0.25, 0.3) is 0 Å². The fraction of sp³-hybridized carbons (Fsp3) is 0. The summed E-state index contributed by atoms with van der Waals surface area (Å²) in [6.07, 6.45) is 0. The van der Waals surface area contributed by atoms with Crippen molar-refractivity contribution in [3.8, 4) is 0 Å². The number of halogens is 3. The van der Waals surface area contributed by atoms with Gasteiger partial charge in [-0.05, 0) is 72.8 Å². The first kappa shape index (κ1) is 37.6. The van der Waals surface area contributed by atoms with Crippen LogP contribution in [0.2, 0.25) is 0 Å². The molecule has 0 aromatic heterocycles. The Morgan fingerprint density at radius 1 is 0.295 bits per heavy atom. The average Bonchev–Trinajstić information content (AvgIpc) is 3.05. The van der Waals surface area contributed by atoms with Gasteiger partial charge in [0.2, 0.25) is 14.5 Å². The molecule has 0 fully saturated rings. The third-order valence-corrected chi connectivity index (χ3v) is 16.8. The molecular formula is C37H30Cl3IrOP2+2. The van der Waals surface area contributed by atoms with E-state index in [0.29, 0.717) is 5.27 Å². The Morgan fingerprint density at radius 3 is 0.568 bits per heavy atom. The standard InChI is InChI=1S/C37H30OP2.3ClH.Ir/c38-37(39(31-19-7-1-8-20-31,32-21-9-2-10-22-32)33-23-11-3-12-24-33)40(34-25-13-4-14-26-34,35-27-15-5-16-28-35)36-29-17-6-18-30-36;;;;/h1-30H;3*1H;/q+2;;;;+3/p-3. The summed E-state index contributed by atoms with van der Waals surface area (Å²) in [4.78, 5) is 16.4. The first-order valence-corrected chi connectivity index (χ1v) is 17.0. The van der Waals surface area contributed by atoms with E-state index in [1.54, 1.807) is 0 Å². The molecule has 0 aliphatic carbocycles. The quantitative estimate of drug-likeness (QED) is 0.164. The van der Waals surface area contributed by atoms with Crippen LogP contribution >= 0.6 is 14.5 Å². The number of carbonyl (C=O) groups excluding carboxylic acids is 1. The van der Waals surface area contributed by atoms with Crippen molar-refractivity contribution in [1.29, 1.82) is 0 Å². The molecule has 6 rings (SSSR count). The Labute approximate surface area is 293 Å². The molecule has 6 aromatic carbocycles. The zero-order valence-corrected chi connectivity index (χ0v) is 30.0. The SMILES string of the molecule is O=C([P+](c1ccccc1)(c1ccccc1)c1ccccc1)[P+](c1ccccc1)(c1ccccc1)c1ccccc1.[Cl-].[Cl-].[Cl-].[Ir+3]. The summed E-state index contributed by atoms with van der Waals surface area (Å²) in [5, 5.41) is 6.74. The van der Waals surface area contributed by atoms with Crippen LogP contribution in [0.5, 0.6) is 0 Å². The van der Waals surface area contributed by atoms with E-state index in [9.17, 15) is 0 Å². The molecule has 6 aromatic rings. The van der Waals surface area contributed by atoms with Crippen molar-refractivity contribution in [2.45, 2.75) is 0 Å². The summed E-state index contributed by atoms with van der Waals surface area (Å²) in [6.45, 7) is 0. The van der Waals surface area contributed by atoms with Gasteiger partial charge in [0.15, 0.2) is 0 Å². The van der Waals surface area contributed by atoms with E-state index >= 15 is 4.79 Å². The number of hydrogen-bond donors (Lipinski definition) is 0. The summed E-state index contributed by atoms with van der Waals surface area (Å²) in [6, 6.07) is 62.9. The molecular weight excluding hydrogens is 821 g/mol. The van der Waals surface area contributed by atoms with Gasteiger partial charge in [-0.3, -0.25) is 0 Å². The van der Waals surface area contributed by atoms with Crippen LogP contribution in [0, 0.1) is 0 Å². The van der Waals surface area contributed by atoms with Crippen LogP contribution in [0.15, 0.2) is 182 Å². The van der Waals surface area contributed by atoms with E-state index in [1.807, 2.05) is 36.4 Å². The zero-order valence-electron chi connectivity index (χ0n) is 23.6. The second-order valence-corrected chi connectivity index (χ2v) is 16.6. The molecule has 0 spiro atoms. The van der Waals surface area contributed by atoms with Crippen LogP contribution in [-0.4, -0.2) is 5.27 Å². The third kappa shape index (κ3) is 6.65. The molecule has 0 aliphatic rings. The molecule has 44 heavy (non-hydrogen) atoms. The maximum atomic E-state index is 16.4. The van der Waals surface area contributed by atoms with Crippen molar-refractivity contribution in [2.24, 2.45) is 0 Å². The van der Waals surface area contributed by atoms with Gasteiger partial charge in [0, 0.05) is 0 Å². The topological polar surface area (TPSA) is 17.1 Å². The van der Waals surface area contributed by atoms with Gasteiger partial charge in [-0.15, -0.1) is 0 Å². The van der Waals surface area contributed by atoms with E-state index in [4.69, 9.17) is 0 Å². The van der Waals surface area contributed by atoms with Crippen LogP contribution in [0.1, 0.15) is 0 Å². The number of rotatable bonds is 8. The minimum atomic E-state index is -2.85. The molecule has 0 atom stereocenters. The Hall–Kier alpha value is -2.63. The second kappa shape index (κ2) is 17.2. The molecule has 1 nitrogen and oxygen atoms in total. The Morgan fingerprint density at radius 2 is 0.432 bits per heavy atom. The van der Waals surface area contributed by atoms with E-state index in [1.165, 1.54) is 0 Å². The van der Waals surface area contributed by atoms with Crippen LogP contribution in [0.3, 0.4) is 0 Å². The largest absolute Gasteiger partial charge is 3.00 e. The van der Waals surface area contributed by atoms with Crippen molar-refractivity contribution in [3.63, 3.8) is 0 Å². The van der Waals surface area contributed by atoms with Gasteiger partial charge in [-0.25, -0.2) is 4.79 Å². The Kier molecular flexibility index (Phi) is 14.7. The molecule has 0 amide bonds. The van der Waals surface area contributed by atoms with E-state index in [0.717, 1.165) is 31.8 Å². The molecule has 0 radical (unpaired) electrons. The van der Waals surface area contributed by atoms with Crippen LogP contribution in [0.4, 0.5) is 4.79 Å². The van der Waals surface area contributed by atoms with E-state index in [2.05, 4.69) is 146 Å². The summed E-state index contributed by atoms with van der Waals surface area (Å²) in [7, 11) is -5.70. The van der Waals surface area contributed by atoms with Crippen molar-refractivity contribution < 1.29 is 62.1 Å². The van der Waals surface area contributed by atoms with Gasteiger partial charge in [-0.1, -0.05) is 109 Å².